The minimum Gasteiger partial charge on any atom is -0.497 e. The number of aliphatic hydroxyl groups excluding tert-OH is 3. The van der Waals surface area contributed by atoms with Gasteiger partial charge in [0, 0.05) is 6.54 Å². The maximum absolute atomic E-state index is 10.3. The van der Waals surface area contributed by atoms with Gasteiger partial charge in [0.05, 0.1) is 20.0 Å². The molecule has 28 heavy (non-hydrogen) atoms. The molecule has 1 aliphatic rings. The van der Waals surface area contributed by atoms with Crippen LogP contribution < -0.4 is 10.1 Å². The summed E-state index contributed by atoms with van der Waals surface area (Å²) in [7, 11) is 1.62. The Balaban J connectivity index is 1.58. The Morgan fingerprint density at radius 2 is 2.07 bits per heavy atom. The van der Waals surface area contributed by atoms with Crippen molar-refractivity contribution in [3.05, 3.63) is 42.5 Å². The van der Waals surface area contributed by atoms with Crippen molar-refractivity contribution in [1.82, 2.24) is 19.5 Å². The first-order chi connectivity index (χ1) is 13.6. The second kappa shape index (κ2) is 7.68. The third-order valence-corrected chi connectivity index (χ3v) is 4.74. The fraction of sp³-hybridized carbons (Fsp3) is 0.389. The Hall–Kier alpha value is -2.79. The van der Waals surface area contributed by atoms with Crippen LogP contribution in [0.1, 0.15) is 11.8 Å². The maximum Gasteiger partial charge on any atom is 0.167 e. The van der Waals surface area contributed by atoms with E-state index in [0.29, 0.717) is 23.5 Å². The second-order valence-electron chi connectivity index (χ2n) is 6.48. The lowest BCUT2D eigenvalue weighted by atomic mass is 10.1. The fourth-order valence-corrected chi connectivity index (χ4v) is 3.25. The van der Waals surface area contributed by atoms with Gasteiger partial charge >= 0.3 is 0 Å². The minimum absolute atomic E-state index is 0.399. The van der Waals surface area contributed by atoms with Gasteiger partial charge in [0.2, 0.25) is 0 Å². The molecule has 1 aliphatic heterocycles. The number of nitrogens with one attached hydrogen (secondary N) is 1. The smallest absolute Gasteiger partial charge is 0.167 e. The number of ether oxygens (including phenoxy) is 2. The zero-order valence-corrected chi connectivity index (χ0v) is 15.1. The highest BCUT2D eigenvalue weighted by Crippen LogP contribution is 2.32. The van der Waals surface area contributed by atoms with Gasteiger partial charge in [-0.1, -0.05) is 12.1 Å². The molecule has 4 N–H and O–H groups in total. The molecule has 1 saturated heterocycles. The summed E-state index contributed by atoms with van der Waals surface area (Å²) in [4.78, 5) is 12.8. The van der Waals surface area contributed by atoms with Crippen molar-refractivity contribution in [2.75, 3.05) is 19.0 Å². The molecule has 3 heterocycles. The summed E-state index contributed by atoms with van der Waals surface area (Å²) >= 11 is 0. The van der Waals surface area contributed by atoms with Crippen LogP contribution in [0.3, 0.4) is 0 Å². The Morgan fingerprint density at radius 3 is 2.82 bits per heavy atom. The van der Waals surface area contributed by atoms with Crippen molar-refractivity contribution >= 4 is 17.0 Å². The van der Waals surface area contributed by atoms with E-state index in [9.17, 15) is 15.3 Å². The second-order valence-corrected chi connectivity index (χ2v) is 6.48. The van der Waals surface area contributed by atoms with E-state index in [4.69, 9.17) is 9.47 Å². The van der Waals surface area contributed by atoms with Crippen LogP contribution >= 0.6 is 0 Å². The van der Waals surface area contributed by atoms with Gasteiger partial charge in [-0.25, -0.2) is 15.0 Å². The third kappa shape index (κ3) is 3.27. The molecule has 10 nitrogen and oxygen atoms in total. The molecule has 10 heteroatoms. The quantitative estimate of drug-likeness (QED) is 0.463. The summed E-state index contributed by atoms with van der Waals surface area (Å²) < 4.78 is 12.3. The van der Waals surface area contributed by atoms with Gasteiger partial charge in [-0.3, -0.25) is 4.57 Å². The molecule has 1 aromatic carbocycles. The molecule has 2 aromatic heterocycles. The van der Waals surface area contributed by atoms with E-state index >= 15 is 0 Å². The monoisotopic (exact) mass is 387 g/mol. The normalized spacial score (nSPS) is 24.6. The molecule has 3 aromatic rings. The molecule has 1 unspecified atom stereocenters. The number of benzene rings is 1. The van der Waals surface area contributed by atoms with E-state index in [2.05, 4.69) is 20.3 Å². The van der Waals surface area contributed by atoms with Gasteiger partial charge in [0.1, 0.15) is 30.4 Å². The van der Waals surface area contributed by atoms with Gasteiger partial charge < -0.3 is 30.1 Å². The van der Waals surface area contributed by atoms with Crippen molar-refractivity contribution < 1.29 is 24.8 Å². The Morgan fingerprint density at radius 1 is 1.21 bits per heavy atom. The average Bonchev–Trinajstić information content (AvgIpc) is 3.28. The minimum atomic E-state index is -1.21. The van der Waals surface area contributed by atoms with E-state index in [0.717, 1.165) is 11.3 Å². The van der Waals surface area contributed by atoms with Crippen LogP contribution in [0.25, 0.3) is 11.2 Å². The lowest BCUT2D eigenvalue weighted by Gasteiger charge is -2.16. The lowest BCUT2D eigenvalue weighted by Crippen LogP contribution is -2.33. The molecule has 148 valence electrons. The number of nitrogens with zero attached hydrogens (tertiary/aromatic N) is 4. The number of methoxy groups -OCH3 is 1. The number of imidazole rings is 1. The molecule has 0 radical (unpaired) electrons. The first-order valence-corrected chi connectivity index (χ1v) is 8.79. The number of fused-ring (bicyclic) bond motifs is 1. The largest absolute Gasteiger partial charge is 0.497 e. The number of aromatic nitrogens is 4. The van der Waals surface area contributed by atoms with Crippen LogP contribution in [-0.2, 0) is 11.3 Å². The van der Waals surface area contributed by atoms with Crippen molar-refractivity contribution in [2.45, 2.75) is 31.1 Å². The molecule has 0 saturated carbocycles. The number of aliphatic hydroxyl groups is 3. The van der Waals surface area contributed by atoms with E-state index < -0.39 is 31.1 Å². The summed E-state index contributed by atoms with van der Waals surface area (Å²) in [6.07, 6.45) is -1.33. The standard InChI is InChI=1S/C18H21N5O5/c1-27-11-4-2-3-10(5-11)6-19-16-13-17(21-8-20-16)23(9-22-13)18-15(26)14(25)12(7-24)28-18/h2-5,8-9,12,14-15,18,24-26H,6-7H2,1H3,(H,19,20,21)/t12-,14-,15-,18?/m1/s1. The zero-order chi connectivity index (χ0) is 19.7. The topological polar surface area (TPSA) is 135 Å². The van der Waals surface area contributed by atoms with Crippen LogP contribution in [-0.4, -0.2) is 66.9 Å². The first kappa shape index (κ1) is 18.6. The highest BCUT2D eigenvalue weighted by atomic mass is 16.6. The number of hydrogen-bond acceptors (Lipinski definition) is 9. The van der Waals surface area contributed by atoms with Crippen LogP contribution in [0.15, 0.2) is 36.9 Å². The average molecular weight is 387 g/mol. The molecular formula is C18H21N5O5. The van der Waals surface area contributed by atoms with Crippen LogP contribution in [0.2, 0.25) is 0 Å². The number of hydrogen-bond donors (Lipinski definition) is 4. The van der Waals surface area contributed by atoms with Crippen LogP contribution in [0.4, 0.5) is 5.82 Å². The molecular weight excluding hydrogens is 366 g/mol. The van der Waals surface area contributed by atoms with Crippen molar-refractivity contribution in [3.63, 3.8) is 0 Å². The Kier molecular flexibility index (Phi) is 5.09. The van der Waals surface area contributed by atoms with Crippen molar-refractivity contribution in [2.24, 2.45) is 0 Å². The number of rotatable bonds is 6. The zero-order valence-electron chi connectivity index (χ0n) is 15.1. The van der Waals surface area contributed by atoms with Crippen LogP contribution in [0.5, 0.6) is 5.75 Å². The van der Waals surface area contributed by atoms with Gasteiger partial charge in [-0.2, -0.15) is 0 Å². The molecule has 0 bridgehead atoms. The highest BCUT2D eigenvalue weighted by Gasteiger charge is 2.44. The van der Waals surface area contributed by atoms with E-state index in [-0.39, 0.29) is 0 Å². The van der Waals surface area contributed by atoms with Crippen molar-refractivity contribution in [3.8, 4) is 5.75 Å². The lowest BCUT2D eigenvalue weighted by molar-refractivity contribution is -0.0511. The number of anilines is 1. The molecule has 4 atom stereocenters. The van der Waals surface area contributed by atoms with Gasteiger partial charge in [-0.05, 0) is 17.7 Å². The first-order valence-electron chi connectivity index (χ1n) is 8.79. The SMILES string of the molecule is COc1cccc(CNc2ncnc3c2ncn3C2O[C@H](CO)[C@@H](O)[C@H]2O)c1. The molecule has 0 aliphatic carbocycles. The third-order valence-electron chi connectivity index (χ3n) is 4.74. The molecule has 4 rings (SSSR count). The molecule has 0 spiro atoms. The predicted molar refractivity (Wildman–Crippen MR) is 98.7 cm³/mol. The predicted octanol–water partition coefficient (Wildman–Crippen LogP) is 0.0585. The summed E-state index contributed by atoms with van der Waals surface area (Å²) in [6.45, 7) is 0.105. The van der Waals surface area contributed by atoms with E-state index in [1.165, 1.54) is 17.2 Å². The summed E-state index contributed by atoms with van der Waals surface area (Å²) in [5.41, 5.74) is 1.95. The maximum atomic E-state index is 10.3. The Bertz CT molecular complexity index is 964. The van der Waals surface area contributed by atoms with Crippen LogP contribution in [0, 0.1) is 0 Å². The van der Waals surface area contributed by atoms with Gasteiger partial charge in [0.25, 0.3) is 0 Å². The molecule has 1 fully saturated rings. The summed E-state index contributed by atoms with van der Waals surface area (Å²) in [5.74, 6) is 1.29. The summed E-state index contributed by atoms with van der Waals surface area (Å²) in [5, 5.41) is 32.7. The van der Waals surface area contributed by atoms with Gasteiger partial charge in [-0.15, -0.1) is 0 Å². The van der Waals surface area contributed by atoms with Gasteiger partial charge in [0.15, 0.2) is 23.2 Å². The molecule has 0 amide bonds. The fourth-order valence-electron chi connectivity index (χ4n) is 3.25. The van der Waals surface area contributed by atoms with E-state index in [1.807, 2.05) is 24.3 Å². The van der Waals surface area contributed by atoms with Crippen molar-refractivity contribution in [1.29, 1.82) is 0 Å². The summed E-state index contributed by atoms with van der Waals surface area (Å²) in [6, 6.07) is 7.66. The Labute approximate surface area is 160 Å². The van der Waals surface area contributed by atoms with E-state index in [1.54, 1.807) is 7.11 Å². The highest BCUT2D eigenvalue weighted by molar-refractivity contribution is 5.82.